The van der Waals surface area contributed by atoms with Crippen LogP contribution in [-0.4, -0.2) is 15.6 Å². The zero-order valence-corrected chi connectivity index (χ0v) is 5.95. The molecule has 0 atom stereocenters. The van der Waals surface area contributed by atoms with Crippen LogP contribution in [0.3, 0.4) is 0 Å². The van der Waals surface area contributed by atoms with E-state index in [4.69, 9.17) is 0 Å². The van der Waals surface area contributed by atoms with Crippen molar-refractivity contribution in [2.24, 2.45) is 4.99 Å². The summed E-state index contributed by atoms with van der Waals surface area (Å²) in [4.78, 5) is 17.4. The van der Waals surface area contributed by atoms with Crippen molar-refractivity contribution >= 4 is 11.9 Å². The first-order chi connectivity index (χ1) is 5.40. The van der Waals surface area contributed by atoms with Crippen LogP contribution in [0.15, 0.2) is 11.2 Å². The van der Waals surface area contributed by atoms with Gasteiger partial charge in [0.25, 0.3) is 0 Å². The van der Waals surface area contributed by atoms with Crippen molar-refractivity contribution in [1.29, 1.82) is 0 Å². The fourth-order valence-electron chi connectivity index (χ4n) is 1.34. The number of isocyanates is 1. The van der Waals surface area contributed by atoms with E-state index in [1.54, 1.807) is 6.20 Å². The summed E-state index contributed by atoms with van der Waals surface area (Å²) in [7, 11) is 0. The highest BCUT2D eigenvalue weighted by atomic mass is 16.1. The third-order valence-corrected chi connectivity index (χ3v) is 1.81. The van der Waals surface area contributed by atoms with Crippen molar-refractivity contribution in [2.45, 2.75) is 19.4 Å². The molecule has 0 aliphatic carbocycles. The topological polar surface area (TPSA) is 47.2 Å². The highest BCUT2D eigenvalue weighted by Crippen LogP contribution is 2.18. The van der Waals surface area contributed by atoms with Crippen LogP contribution >= 0.6 is 0 Å². The molecular weight excluding hydrogens is 142 g/mol. The number of aliphatic imine (C=N–C) groups is 1. The molecule has 11 heavy (non-hydrogen) atoms. The van der Waals surface area contributed by atoms with Crippen molar-refractivity contribution in [3.8, 4) is 0 Å². The maximum absolute atomic E-state index is 9.86. The van der Waals surface area contributed by atoms with Gasteiger partial charge >= 0.3 is 0 Å². The Balaban J connectivity index is 2.41. The Labute approximate surface area is 63.6 Å². The second-order valence-corrected chi connectivity index (χ2v) is 2.52. The molecule has 0 fully saturated rings. The number of imidazole rings is 1. The number of carbonyl (C=O) groups excluding carboxylic acids is 1. The van der Waals surface area contributed by atoms with Gasteiger partial charge in [-0.05, 0) is 6.42 Å². The zero-order valence-electron chi connectivity index (χ0n) is 5.95. The van der Waals surface area contributed by atoms with Gasteiger partial charge in [-0.1, -0.05) is 0 Å². The summed E-state index contributed by atoms with van der Waals surface area (Å²) < 4.78 is 2.02. The lowest BCUT2D eigenvalue weighted by Crippen LogP contribution is -1.87. The second-order valence-electron chi connectivity index (χ2n) is 2.52. The molecule has 2 heterocycles. The number of aromatic nitrogens is 2. The highest BCUT2D eigenvalue weighted by Gasteiger charge is 2.12. The summed E-state index contributed by atoms with van der Waals surface area (Å²) in [5.41, 5.74) is 0. The normalized spacial score (nSPS) is 14.2. The summed E-state index contributed by atoms with van der Waals surface area (Å²) in [6, 6.07) is 0. The first-order valence-electron chi connectivity index (χ1n) is 3.54. The lowest BCUT2D eigenvalue weighted by Gasteiger charge is -1.88. The third-order valence-electron chi connectivity index (χ3n) is 1.81. The molecule has 1 aliphatic rings. The van der Waals surface area contributed by atoms with E-state index in [-0.39, 0.29) is 0 Å². The monoisotopic (exact) mass is 149 g/mol. The van der Waals surface area contributed by atoms with Crippen LogP contribution in [0.2, 0.25) is 0 Å². The fourth-order valence-corrected chi connectivity index (χ4v) is 1.34. The maximum Gasteiger partial charge on any atom is 0.242 e. The summed E-state index contributed by atoms with van der Waals surface area (Å²) in [5, 5.41) is 0. The minimum atomic E-state index is 0.481. The van der Waals surface area contributed by atoms with Gasteiger partial charge in [0, 0.05) is 13.0 Å². The lowest BCUT2D eigenvalue weighted by atomic mass is 10.4. The third kappa shape index (κ3) is 0.972. The Morgan fingerprint density at radius 3 is 3.36 bits per heavy atom. The molecular formula is C7H7N3O. The molecule has 0 spiro atoms. The molecule has 1 aliphatic heterocycles. The summed E-state index contributed by atoms with van der Waals surface area (Å²) >= 11 is 0. The van der Waals surface area contributed by atoms with E-state index in [1.807, 2.05) is 4.57 Å². The predicted molar refractivity (Wildman–Crippen MR) is 38.3 cm³/mol. The molecule has 0 radical (unpaired) electrons. The Bertz CT molecular complexity index is 301. The number of fused-ring (bicyclic) bond motifs is 1. The number of rotatable bonds is 1. The van der Waals surface area contributed by atoms with Crippen LogP contribution in [0.1, 0.15) is 12.2 Å². The van der Waals surface area contributed by atoms with Gasteiger partial charge in [-0.2, -0.15) is 0 Å². The molecule has 1 aromatic heterocycles. The van der Waals surface area contributed by atoms with Crippen LogP contribution in [-0.2, 0) is 17.8 Å². The van der Waals surface area contributed by atoms with Crippen molar-refractivity contribution in [3.63, 3.8) is 0 Å². The molecule has 4 heteroatoms. The number of nitrogens with zero attached hydrogens (tertiary/aromatic N) is 3. The molecule has 0 amide bonds. The minimum absolute atomic E-state index is 0.481. The van der Waals surface area contributed by atoms with Gasteiger partial charge in [0.1, 0.15) is 5.82 Å². The minimum Gasteiger partial charge on any atom is -0.333 e. The fraction of sp³-hybridized carbons (Fsp3) is 0.429. The first-order valence-corrected chi connectivity index (χ1v) is 3.54. The van der Waals surface area contributed by atoms with Crippen molar-refractivity contribution in [1.82, 2.24) is 9.55 Å². The van der Waals surface area contributed by atoms with Gasteiger partial charge in [-0.25, -0.2) is 9.78 Å². The van der Waals surface area contributed by atoms with E-state index in [9.17, 15) is 4.79 Å². The molecule has 4 nitrogen and oxygen atoms in total. The molecule has 0 bridgehead atoms. The maximum atomic E-state index is 9.86. The van der Waals surface area contributed by atoms with Gasteiger partial charge in [-0.3, -0.25) is 0 Å². The van der Waals surface area contributed by atoms with Crippen LogP contribution in [0.25, 0.3) is 0 Å². The predicted octanol–water partition coefficient (Wildman–Crippen LogP) is 0.797. The van der Waals surface area contributed by atoms with E-state index in [2.05, 4.69) is 9.98 Å². The average Bonchev–Trinajstić information content (AvgIpc) is 2.46. The average molecular weight is 149 g/mol. The smallest absolute Gasteiger partial charge is 0.242 e. The molecule has 1 aromatic rings. The Morgan fingerprint density at radius 2 is 2.64 bits per heavy atom. The molecule has 0 N–H and O–H groups in total. The Hall–Kier alpha value is -1.41. The second kappa shape index (κ2) is 2.32. The standard InChI is InChI=1S/C7H7N3O/c11-5-8-6-4-10-3-1-2-7(10)9-6/h4H,1-3H2. The number of hydrogen-bond acceptors (Lipinski definition) is 3. The zero-order chi connectivity index (χ0) is 7.68. The van der Waals surface area contributed by atoms with E-state index in [1.165, 1.54) is 6.08 Å². The SMILES string of the molecule is O=C=Nc1cn2c(n1)CCC2. The lowest BCUT2D eigenvalue weighted by molar-refractivity contribution is 0.565. The van der Waals surface area contributed by atoms with E-state index in [0.29, 0.717) is 5.82 Å². The van der Waals surface area contributed by atoms with Gasteiger partial charge in [0.2, 0.25) is 6.08 Å². The van der Waals surface area contributed by atoms with Gasteiger partial charge in [0.05, 0.1) is 6.20 Å². The number of aryl methyl sites for hydroxylation is 2. The first kappa shape index (κ1) is 6.31. The van der Waals surface area contributed by atoms with Crippen LogP contribution in [0.4, 0.5) is 5.82 Å². The van der Waals surface area contributed by atoms with Gasteiger partial charge in [-0.15, -0.1) is 4.99 Å². The number of hydrogen-bond donors (Lipinski definition) is 0. The van der Waals surface area contributed by atoms with Gasteiger partial charge < -0.3 is 4.57 Å². The highest BCUT2D eigenvalue weighted by molar-refractivity contribution is 5.43. The van der Waals surface area contributed by atoms with E-state index < -0.39 is 0 Å². The van der Waals surface area contributed by atoms with E-state index >= 15 is 0 Å². The molecule has 0 unspecified atom stereocenters. The summed E-state index contributed by atoms with van der Waals surface area (Å²) in [5.74, 6) is 1.51. The Morgan fingerprint density at radius 1 is 1.73 bits per heavy atom. The molecule has 0 aromatic carbocycles. The largest absolute Gasteiger partial charge is 0.333 e. The van der Waals surface area contributed by atoms with Gasteiger partial charge in [0.15, 0.2) is 5.82 Å². The Kier molecular flexibility index (Phi) is 1.33. The molecule has 0 saturated heterocycles. The summed E-state index contributed by atoms with van der Waals surface area (Å²) in [6.45, 7) is 0.997. The molecule has 0 saturated carbocycles. The van der Waals surface area contributed by atoms with Crippen LogP contribution < -0.4 is 0 Å². The molecule has 2 rings (SSSR count). The summed E-state index contributed by atoms with van der Waals surface area (Å²) in [6.07, 6.45) is 5.40. The van der Waals surface area contributed by atoms with E-state index in [0.717, 1.165) is 25.2 Å². The van der Waals surface area contributed by atoms with Crippen molar-refractivity contribution < 1.29 is 4.79 Å². The van der Waals surface area contributed by atoms with Crippen LogP contribution in [0, 0.1) is 0 Å². The van der Waals surface area contributed by atoms with Crippen molar-refractivity contribution in [2.75, 3.05) is 0 Å². The van der Waals surface area contributed by atoms with Crippen LogP contribution in [0.5, 0.6) is 0 Å². The van der Waals surface area contributed by atoms with Crippen molar-refractivity contribution in [3.05, 3.63) is 12.0 Å². The molecule has 56 valence electrons. The quantitative estimate of drug-likeness (QED) is 0.438.